The van der Waals surface area contributed by atoms with Crippen molar-refractivity contribution in [3.63, 3.8) is 0 Å². The molecule has 0 saturated carbocycles. The Labute approximate surface area is 118 Å². The fraction of sp³-hybridized carbons (Fsp3) is 0.438. The number of benzene rings is 1. The third-order valence-corrected chi connectivity index (χ3v) is 3.25. The lowest BCUT2D eigenvalue weighted by Crippen LogP contribution is -2.25. The molecule has 2 rings (SSSR count). The Bertz CT molecular complexity index is 598. The van der Waals surface area contributed by atoms with E-state index >= 15 is 0 Å². The third-order valence-electron chi connectivity index (χ3n) is 3.25. The number of fused-ring (bicyclic) bond motifs is 1. The highest BCUT2D eigenvalue weighted by Gasteiger charge is 2.13. The van der Waals surface area contributed by atoms with Gasteiger partial charge in [0.15, 0.2) is 0 Å². The number of rotatable bonds is 5. The first-order valence-electron chi connectivity index (χ1n) is 6.94. The van der Waals surface area contributed by atoms with Crippen LogP contribution in [0.3, 0.4) is 0 Å². The van der Waals surface area contributed by atoms with E-state index in [9.17, 15) is 9.50 Å². The topological polar surface area (TPSA) is 45.1 Å². The average molecular weight is 276 g/mol. The van der Waals surface area contributed by atoms with Crippen LogP contribution in [0.5, 0.6) is 0 Å². The number of nitrogens with zero attached hydrogens (tertiary/aromatic N) is 1. The Morgan fingerprint density at radius 1 is 1.35 bits per heavy atom. The van der Waals surface area contributed by atoms with Gasteiger partial charge in [0.1, 0.15) is 11.3 Å². The highest BCUT2D eigenvalue weighted by atomic mass is 19.1. The first kappa shape index (κ1) is 14.7. The molecule has 2 aromatic rings. The minimum atomic E-state index is -0.321. The first-order valence-corrected chi connectivity index (χ1v) is 6.94. The van der Waals surface area contributed by atoms with Gasteiger partial charge in [0, 0.05) is 22.8 Å². The molecule has 108 valence electrons. The third kappa shape index (κ3) is 3.25. The van der Waals surface area contributed by atoms with Crippen LogP contribution in [0.1, 0.15) is 26.0 Å². The quantitative estimate of drug-likeness (QED) is 0.878. The van der Waals surface area contributed by atoms with Crippen LogP contribution in [-0.4, -0.2) is 22.7 Å². The summed E-state index contributed by atoms with van der Waals surface area (Å²) < 4.78 is 13.8. The predicted molar refractivity (Wildman–Crippen MR) is 80.4 cm³/mol. The largest absolute Gasteiger partial charge is 0.394 e. The number of nitrogens with one attached hydrogen (secondary N) is 1. The second kappa shape index (κ2) is 6.18. The number of aliphatic hydroxyl groups is 1. The van der Waals surface area contributed by atoms with E-state index in [1.165, 1.54) is 6.07 Å². The van der Waals surface area contributed by atoms with Crippen LogP contribution < -0.4 is 5.32 Å². The monoisotopic (exact) mass is 276 g/mol. The number of aliphatic hydroxyl groups excluding tert-OH is 1. The fourth-order valence-corrected chi connectivity index (χ4v) is 2.43. The number of para-hydroxylation sites is 1. The normalized spacial score (nSPS) is 12.9. The van der Waals surface area contributed by atoms with Crippen molar-refractivity contribution < 1.29 is 9.50 Å². The molecule has 0 radical (unpaired) electrons. The maximum absolute atomic E-state index is 13.8. The number of aromatic nitrogens is 1. The molecule has 0 spiro atoms. The Kier molecular flexibility index (Phi) is 4.55. The van der Waals surface area contributed by atoms with Gasteiger partial charge in [-0.1, -0.05) is 26.0 Å². The smallest absolute Gasteiger partial charge is 0.149 e. The molecule has 0 bridgehead atoms. The van der Waals surface area contributed by atoms with Crippen molar-refractivity contribution in [3.05, 3.63) is 35.8 Å². The van der Waals surface area contributed by atoms with Crippen molar-refractivity contribution in [2.45, 2.75) is 33.2 Å². The van der Waals surface area contributed by atoms with Crippen molar-refractivity contribution in [2.75, 3.05) is 11.9 Å². The molecule has 1 heterocycles. The summed E-state index contributed by atoms with van der Waals surface area (Å²) in [6.07, 6.45) is 0.856. The van der Waals surface area contributed by atoms with Crippen LogP contribution >= 0.6 is 0 Å². The summed E-state index contributed by atoms with van der Waals surface area (Å²) in [7, 11) is 0. The summed E-state index contributed by atoms with van der Waals surface area (Å²) in [5, 5.41) is 13.5. The van der Waals surface area contributed by atoms with Gasteiger partial charge in [-0.2, -0.15) is 0 Å². The van der Waals surface area contributed by atoms with Crippen LogP contribution in [0.4, 0.5) is 10.1 Å². The van der Waals surface area contributed by atoms with Crippen LogP contribution in [0, 0.1) is 18.7 Å². The molecule has 0 aliphatic heterocycles. The summed E-state index contributed by atoms with van der Waals surface area (Å²) >= 11 is 0. The van der Waals surface area contributed by atoms with Crippen LogP contribution in [0.2, 0.25) is 0 Å². The van der Waals surface area contributed by atoms with Gasteiger partial charge in [0.2, 0.25) is 0 Å². The molecule has 1 aromatic heterocycles. The Balaban J connectivity index is 2.40. The molecule has 20 heavy (non-hydrogen) atoms. The molecule has 1 atom stereocenters. The van der Waals surface area contributed by atoms with Gasteiger partial charge < -0.3 is 10.4 Å². The van der Waals surface area contributed by atoms with Crippen molar-refractivity contribution in [1.29, 1.82) is 0 Å². The zero-order valence-corrected chi connectivity index (χ0v) is 12.2. The van der Waals surface area contributed by atoms with Crippen molar-refractivity contribution >= 4 is 16.6 Å². The standard InChI is InChI=1S/C16H21FN2O/c1-10(2)7-12(9-20)19-15-8-11(3)18-16-13(15)5-4-6-14(16)17/h4-6,8,10,12,20H,7,9H2,1-3H3,(H,18,19). The lowest BCUT2D eigenvalue weighted by atomic mass is 10.0. The van der Waals surface area contributed by atoms with Crippen LogP contribution in [0.25, 0.3) is 10.9 Å². The molecule has 1 aromatic carbocycles. The lowest BCUT2D eigenvalue weighted by molar-refractivity contribution is 0.259. The van der Waals surface area contributed by atoms with Crippen molar-refractivity contribution in [2.24, 2.45) is 5.92 Å². The fourth-order valence-electron chi connectivity index (χ4n) is 2.43. The number of hydrogen-bond acceptors (Lipinski definition) is 3. The molecule has 1 unspecified atom stereocenters. The molecular weight excluding hydrogens is 255 g/mol. The SMILES string of the molecule is Cc1cc(NC(CO)CC(C)C)c2cccc(F)c2n1. The van der Waals surface area contributed by atoms with E-state index in [0.29, 0.717) is 11.4 Å². The van der Waals surface area contributed by atoms with Gasteiger partial charge in [-0.15, -0.1) is 0 Å². The molecule has 0 saturated heterocycles. The van der Waals surface area contributed by atoms with Gasteiger partial charge in [-0.05, 0) is 31.4 Å². The highest BCUT2D eigenvalue weighted by molar-refractivity contribution is 5.91. The second-order valence-electron chi connectivity index (χ2n) is 5.60. The second-order valence-corrected chi connectivity index (χ2v) is 5.60. The van der Waals surface area contributed by atoms with Gasteiger partial charge in [-0.25, -0.2) is 9.37 Å². The number of hydrogen-bond donors (Lipinski definition) is 2. The molecule has 0 aliphatic rings. The van der Waals surface area contributed by atoms with E-state index in [0.717, 1.165) is 23.2 Å². The molecule has 2 N–H and O–H groups in total. The van der Waals surface area contributed by atoms with E-state index in [-0.39, 0.29) is 18.5 Å². The van der Waals surface area contributed by atoms with E-state index in [1.54, 1.807) is 6.07 Å². The summed E-state index contributed by atoms with van der Waals surface area (Å²) in [6.45, 7) is 6.11. The van der Waals surface area contributed by atoms with Gasteiger partial charge >= 0.3 is 0 Å². The Hall–Kier alpha value is -1.68. The molecule has 0 aliphatic carbocycles. The number of pyridine rings is 1. The molecule has 0 fully saturated rings. The van der Waals surface area contributed by atoms with E-state index < -0.39 is 0 Å². The van der Waals surface area contributed by atoms with Gasteiger partial charge in [-0.3, -0.25) is 0 Å². The molecule has 3 nitrogen and oxygen atoms in total. The van der Waals surface area contributed by atoms with Gasteiger partial charge in [0.05, 0.1) is 6.61 Å². The van der Waals surface area contributed by atoms with E-state index in [4.69, 9.17) is 0 Å². The average Bonchev–Trinajstić information content (AvgIpc) is 2.38. The Morgan fingerprint density at radius 3 is 2.75 bits per heavy atom. The first-order chi connectivity index (χ1) is 9.51. The minimum absolute atomic E-state index is 0.0386. The molecule has 0 amide bonds. The van der Waals surface area contributed by atoms with E-state index in [2.05, 4.69) is 24.1 Å². The number of anilines is 1. The number of aryl methyl sites for hydroxylation is 1. The Morgan fingerprint density at radius 2 is 2.10 bits per heavy atom. The van der Waals surface area contributed by atoms with Crippen LogP contribution in [0.15, 0.2) is 24.3 Å². The minimum Gasteiger partial charge on any atom is -0.394 e. The van der Waals surface area contributed by atoms with Gasteiger partial charge in [0.25, 0.3) is 0 Å². The maximum atomic E-state index is 13.8. The van der Waals surface area contributed by atoms with Crippen molar-refractivity contribution in [3.8, 4) is 0 Å². The molecular formula is C16H21FN2O. The maximum Gasteiger partial charge on any atom is 0.149 e. The number of halogens is 1. The molecule has 4 heteroatoms. The predicted octanol–water partition coefficient (Wildman–Crippen LogP) is 3.50. The lowest BCUT2D eigenvalue weighted by Gasteiger charge is -2.21. The van der Waals surface area contributed by atoms with Crippen LogP contribution in [-0.2, 0) is 0 Å². The zero-order chi connectivity index (χ0) is 14.7. The van der Waals surface area contributed by atoms with Crippen molar-refractivity contribution in [1.82, 2.24) is 4.98 Å². The van der Waals surface area contributed by atoms with E-state index in [1.807, 2.05) is 19.1 Å². The summed E-state index contributed by atoms with van der Waals surface area (Å²) in [6, 6.07) is 6.79. The summed E-state index contributed by atoms with van der Waals surface area (Å²) in [5.74, 6) is 0.157. The highest BCUT2D eigenvalue weighted by Crippen LogP contribution is 2.26. The zero-order valence-electron chi connectivity index (χ0n) is 12.2. The summed E-state index contributed by atoms with van der Waals surface area (Å²) in [5.41, 5.74) is 1.95. The summed E-state index contributed by atoms with van der Waals surface area (Å²) in [4.78, 5) is 4.25.